The summed E-state index contributed by atoms with van der Waals surface area (Å²) >= 11 is 0. The maximum absolute atomic E-state index is 13.0. The Kier molecular flexibility index (Phi) is 5.88. The van der Waals surface area contributed by atoms with Crippen molar-refractivity contribution < 1.29 is 19.1 Å². The topological polar surface area (TPSA) is 118 Å². The first-order chi connectivity index (χ1) is 17.5. The highest BCUT2D eigenvalue weighted by molar-refractivity contribution is 6.05. The average molecular weight is 489 g/mol. The molecule has 1 saturated carbocycles. The van der Waals surface area contributed by atoms with Gasteiger partial charge >= 0.3 is 0 Å². The third-order valence-electron chi connectivity index (χ3n) is 7.35. The molecular formula is C26H28N6O4. The van der Waals surface area contributed by atoms with Gasteiger partial charge in [-0.2, -0.15) is 5.10 Å². The maximum atomic E-state index is 13.0. The second kappa shape index (κ2) is 9.34. The first-order valence-electron chi connectivity index (χ1n) is 12.5. The van der Waals surface area contributed by atoms with Gasteiger partial charge < -0.3 is 15.0 Å². The monoisotopic (exact) mass is 488 g/mol. The summed E-state index contributed by atoms with van der Waals surface area (Å²) < 4.78 is 8.21. The summed E-state index contributed by atoms with van der Waals surface area (Å²) in [7, 11) is 0. The lowest BCUT2D eigenvalue weighted by molar-refractivity contribution is -0.136. The predicted octanol–water partition coefficient (Wildman–Crippen LogP) is 1.97. The van der Waals surface area contributed by atoms with Gasteiger partial charge in [0.1, 0.15) is 17.9 Å². The van der Waals surface area contributed by atoms with Crippen molar-refractivity contribution in [3.8, 4) is 5.75 Å². The van der Waals surface area contributed by atoms with Crippen LogP contribution >= 0.6 is 0 Å². The van der Waals surface area contributed by atoms with Gasteiger partial charge in [0, 0.05) is 55.1 Å². The summed E-state index contributed by atoms with van der Waals surface area (Å²) in [6, 6.07) is 6.99. The molecule has 4 heterocycles. The van der Waals surface area contributed by atoms with Gasteiger partial charge in [-0.3, -0.25) is 19.7 Å². The van der Waals surface area contributed by atoms with E-state index in [0.717, 1.165) is 48.2 Å². The maximum Gasteiger partial charge on any atom is 0.255 e. The van der Waals surface area contributed by atoms with E-state index in [-0.39, 0.29) is 30.4 Å². The minimum atomic E-state index is -0.616. The summed E-state index contributed by atoms with van der Waals surface area (Å²) in [5.74, 6) is -0.136. The number of imide groups is 1. The summed E-state index contributed by atoms with van der Waals surface area (Å²) in [5, 5.41) is 10.2. The van der Waals surface area contributed by atoms with E-state index in [1.807, 2.05) is 30.6 Å². The van der Waals surface area contributed by atoms with Gasteiger partial charge in [-0.25, -0.2) is 9.50 Å². The third kappa shape index (κ3) is 4.32. The Labute approximate surface area is 208 Å². The van der Waals surface area contributed by atoms with Crippen LogP contribution in [0.1, 0.15) is 60.0 Å². The predicted molar refractivity (Wildman–Crippen MR) is 129 cm³/mol. The van der Waals surface area contributed by atoms with Crippen LogP contribution < -0.4 is 15.4 Å². The van der Waals surface area contributed by atoms with Crippen molar-refractivity contribution in [1.82, 2.24) is 30.1 Å². The van der Waals surface area contributed by atoms with Gasteiger partial charge in [-0.05, 0) is 49.4 Å². The number of piperidine rings is 1. The zero-order valence-electron chi connectivity index (χ0n) is 19.9. The van der Waals surface area contributed by atoms with E-state index in [1.54, 1.807) is 21.7 Å². The Morgan fingerprint density at radius 3 is 2.89 bits per heavy atom. The van der Waals surface area contributed by atoms with E-state index >= 15 is 0 Å². The molecule has 186 valence electrons. The van der Waals surface area contributed by atoms with Crippen molar-refractivity contribution in [1.29, 1.82) is 0 Å². The molecule has 10 nitrogen and oxygen atoms in total. The van der Waals surface area contributed by atoms with Gasteiger partial charge in [0.25, 0.3) is 5.91 Å². The molecule has 1 saturated heterocycles. The lowest BCUT2D eigenvalue weighted by Crippen LogP contribution is -2.52. The number of rotatable bonds is 6. The molecule has 1 aromatic carbocycles. The smallest absolute Gasteiger partial charge is 0.255 e. The number of carbonyl (C=O) groups is 3. The lowest BCUT2D eigenvalue weighted by atomic mass is 9.92. The number of fused-ring (bicyclic) bond motifs is 2. The molecule has 3 aromatic rings. The van der Waals surface area contributed by atoms with Gasteiger partial charge in [-0.15, -0.1) is 0 Å². The number of nitrogens with zero attached hydrogens (tertiary/aromatic N) is 4. The van der Waals surface area contributed by atoms with Gasteiger partial charge in [-0.1, -0.05) is 6.42 Å². The van der Waals surface area contributed by atoms with Crippen molar-refractivity contribution in [2.24, 2.45) is 0 Å². The average Bonchev–Trinajstić information content (AvgIpc) is 3.47. The quantitative estimate of drug-likeness (QED) is 0.510. The largest absolute Gasteiger partial charge is 0.489 e. The second-order valence-electron chi connectivity index (χ2n) is 9.74. The van der Waals surface area contributed by atoms with Crippen LogP contribution in [0.3, 0.4) is 0 Å². The molecule has 0 bridgehead atoms. The molecule has 1 unspecified atom stereocenters. The van der Waals surface area contributed by atoms with E-state index in [0.29, 0.717) is 25.1 Å². The van der Waals surface area contributed by atoms with E-state index in [4.69, 9.17) is 4.74 Å². The molecule has 3 amide bonds. The normalized spacial score (nSPS) is 24.2. The molecule has 0 spiro atoms. The molecule has 2 N–H and O–H groups in total. The van der Waals surface area contributed by atoms with Crippen LogP contribution in [0.2, 0.25) is 0 Å². The van der Waals surface area contributed by atoms with Crippen LogP contribution in [0.15, 0.2) is 42.9 Å². The zero-order valence-corrected chi connectivity index (χ0v) is 19.9. The van der Waals surface area contributed by atoms with Crippen molar-refractivity contribution in [3.63, 3.8) is 0 Å². The van der Waals surface area contributed by atoms with Crippen LogP contribution in [0.25, 0.3) is 5.65 Å². The Hall–Kier alpha value is -3.79. The van der Waals surface area contributed by atoms with Gasteiger partial charge in [0.2, 0.25) is 11.8 Å². The summed E-state index contributed by atoms with van der Waals surface area (Å²) in [6.07, 6.45) is 10.4. The lowest BCUT2D eigenvalue weighted by Gasteiger charge is -2.32. The number of hydrogen-bond acceptors (Lipinski definition) is 7. The van der Waals surface area contributed by atoms with Gasteiger partial charge in [0.05, 0.1) is 6.20 Å². The van der Waals surface area contributed by atoms with Gasteiger partial charge in [0.15, 0.2) is 5.65 Å². The van der Waals surface area contributed by atoms with Crippen LogP contribution in [0.4, 0.5) is 0 Å². The van der Waals surface area contributed by atoms with E-state index < -0.39 is 11.9 Å². The minimum absolute atomic E-state index is 0.0153. The SMILES string of the molecule is O=C1CCC(N2Cc3cc(O[C@H]4CCCC[C@H]4NCc4cnc5ccnn5c4)ccc3C2=O)C(=O)N1. The number of benzene rings is 1. The van der Waals surface area contributed by atoms with Crippen molar-refractivity contribution in [2.45, 2.75) is 69.8 Å². The number of amides is 3. The highest BCUT2D eigenvalue weighted by Crippen LogP contribution is 2.32. The fourth-order valence-electron chi connectivity index (χ4n) is 5.46. The summed E-state index contributed by atoms with van der Waals surface area (Å²) in [4.78, 5) is 42.8. The number of hydrogen-bond donors (Lipinski definition) is 2. The Morgan fingerprint density at radius 2 is 2.00 bits per heavy atom. The first kappa shape index (κ1) is 22.7. The molecule has 6 rings (SSSR count). The molecule has 1 aliphatic carbocycles. The number of nitrogens with one attached hydrogen (secondary N) is 2. The number of ether oxygens (including phenoxy) is 1. The zero-order chi connectivity index (χ0) is 24.6. The molecule has 36 heavy (non-hydrogen) atoms. The fourth-order valence-corrected chi connectivity index (χ4v) is 5.46. The Morgan fingerprint density at radius 1 is 1.11 bits per heavy atom. The molecule has 0 radical (unpaired) electrons. The molecule has 2 fully saturated rings. The van der Waals surface area contributed by atoms with E-state index in [1.165, 1.54) is 0 Å². The summed E-state index contributed by atoms with van der Waals surface area (Å²) in [5.41, 5.74) is 3.32. The fraction of sp³-hybridized carbons (Fsp3) is 0.423. The molecule has 10 heteroatoms. The third-order valence-corrected chi connectivity index (χ3v) is 7.35. The van der Waals surface area contributed by atoms with Crippen molar-refractivity contribution >= 4 is 23.4 Å². The Bertz CT molecular complexity index is 1340. The van der Waals surface area contributed by atoms with Crippen LogP contribution in [0, 0.1) is 0 Å². The second-order valence-corrected chi connectivity index (χ2v) is 9.74. The van der Waals surface area contributed by atoms with Crippen LogP contribution in [-0.2, 0) is 22.7 Å². The molecule has 2 aliphatic heterocycles. The number of carbonyl (C=O) groups excluding carboxylic acids is 3. The number of aromatic nitrogens is 3. The van der Waals surface area contributed by atoms with Crippen molar-refractivity contribution in [3.05, 3.63) is 59.5 Å². The summed E-state index contributed by atoms with van der Waals surface area (Å²) in [6.45, 7) is 1.01. The van der Waals surface area contributed by atoms with Crippen LogP contribution in [-0.4, -0.2) is 55.4 Å². The molecule has 2 aromatic heterocycles. The van der Waals surface area contributed by atoms with Crippen LogP contribution in [0.5, 0.6) is 5.75 Å². The van der Waals surface area contributed by atoms with E-state index in [9.17, 15) is 14.4 Å². The molecule has 3 atom stereocenters. The van der Waals surface area contributed by atoms with Crippen molar-refractivity contribution in [2.75, 3.05) is 0 Å². The van der Waals surface area contributed by atoms with E-state index in [2.05, 4.69) is 20.7 Å². The standard InChI is InChI=1S/C26H28N6O4/c33-24-8-7-21(25(34)30-24)31-15-17-11-18(5-6-19(17)26(31)35)36-22-4-2-1-3-20(22)27-12-16-13-28-23-9-10-29-32(23)14-16/h5-6,9-11,13-14,20-22,27H,1-4,7-8,12,15H2,(H,30,33,34)/t20-,21?,22+/m1/s1. The highest BCUT2D eigenvalue weighted by Gasteiger charge is 2.39. The minimum Gasteiger partial charge on any atom is -0.489 e. The molecule has 3 aliphatic rings. The highest BCUT2D eigenvalue weighted by atomic mass is 16.5. The Balaban J connectivity index is 1.12. The first-order valence-corrected chi connectivity index (χ1v) is 12.5. The molecular weight excluding hydrogens is 460 g/mol.